The predicted molar refractivity (Wildman–Crippen MR) is 399 cm³/mol. The number of halogens is 5. The highest BCUT2D eigenvalue weighted by atomic mass is 79.9. The molecule has 0 aromatic heterocycles. The van der Waals surface area contributed by atoms with E-state index in [0.29, 0.717) is 82.8 Å². The summed E-state index contributed by atoms with van der Waals surface area (Å²) in [5.74, 6) is -2.55. The van der Waals surface area contributed by atoms with Gasteiger partial charge < -0.3 is 55.4 Å². The first-order chi connectivity index (χ1) is 47.5. The number of aromatic hydroxyl groups is 1. The zero-order chi connectivity index (χ0) is 73.5. The molecule has 536 valence electrons. The molecule has 0 bridgehead atoms. The first-order valence-corrected chi connectivity index (χ1v) is 37.1. The van der Waals surface area contributed by atoms with Gasteiger partial charge in [-0.3, -0.25) is 38.4 Å². The fourth-order valence-electron chi connectivity index (χ4n) is 8.50. The lowest BCUT2D eigenvalue weighted by molar-refractivity contribution is -0.144. The molecule has 6 rings (SSSR count). The maximum atomic E-state index is 12.4. The van der Waals surface area contributed by atoms with Gasteiger partial charge in [-0.25, -0.2) is 9.59 Å². The molecule has 0 fully saturated rings. The van der Waals surface area contributed by atoms with E-state index >= 15 is 0 Å². The molecular formula is C73H88Br5N5O16. The number of ether oxygens (including phenoxy) is 5. The predicted octanol–water partition coefficient (Wildman–Crippen LogP) is 12.9. The fraction of sp³-hybridized carbons (Fsp3) is 0.370. The number of phenols is 1. The standard InChI is InChI=1S/C18H18BrNO4.C15H20BrNO3.2C14H18BrNO3.C12H14BrNO3/c1-24-18(23)16(10-12-5-7-15(21)8-6-12)20-17(22)14-4-2-3-13(9-14)11-19;1-20-14(18)8-3-2-4-9-17-15(19)13-7-5-6-12(10-13)11-16;1-9(2)12(14(18)19-3)16-13(17)11-6-4-5-10(7-11)8-15;1-2-19-13(17)7-4-8-16-14(18)12-6-3-5-11(9-12)10-15;1-17-11(15)5-6-14-12(16)10-4-2-3-9(7-10)8-13/h2-9,16,21H,10-11H2,1H3,(H,20,22);5-7,10H,2-4,8-9,11H2,1H3,(H,17,19);4-7,9,12H,8H2,1-3H3,(H,16,17);3,5-6,9H,2,4,7-8,10H2,1H3,(H,16,18);2-4,7H,5-6,8H2,1H3,(H,14,16)/t16-;;12-;;/m0.0../s1. The molecule has 2 atom stereocenters. The Morgan fingerprint density at radius 1 is 0.394 bits per heavy atom. The number of hydrogen-bond acceptors (Lipinski definition) is 16. The topological polar surface area (TPSA) is 297 Å². The zero-order valence-electron chi connectivity index (χ0n) is 56.6. The maximum Gasteiger partial charge on any atom is 0.328 e. The molecule has 0 saturated heterocycles. The zero-order valence-corrected chi connectivity index (χ0v) is 64.5. The minimum absolute atomic E-state index is 0.0317. The van der Waals surface area contributed by atoms with Gasteiger partial charge in [0.25, 0.3) is 29.5 Å². The minimum Gasteiger partial charge on any atom is -0.508 e. The highest BCUT2D eigenvalue weighted by Crippen LogP contribution is 2.17. The Labute approximate surface area is 621 Å². The second-order valence-corrected chi connectivity index (χ2v) is 24.5. The molecule has 0 radical (unpaired) electrons. The summed E-state index contributed by atoms with van der Waals surface area (Å²) >= 11 is 16.7. The number of rotatable bonds is 31. The van der Waals surface area contributed by atoms with Crippen LogP contribution in [0.25, 0.3) is 0 Å². The Morgan fingerprint density at radius 3 is 1.13 bits per heavy atom. The highest BCUT2D eigenvalue weighted by molar-refractivity contribution is 9.09. The number of benzene rings is 6. The van der Waals surface area contributed by atoms with Crippen LogP contribution in [0, 0.1) is 5.92 Å². The van der Waals surface area contributed by atoms with Crippen LogP contribution < -0.4 is 26.6 Å². The second kappa shape index (κ2) is 51.4. The Bertz CT molecular complexity index is 3510. The molecule has 0 aliphatic rings. The molecule has 0 saturated carbocycles. The molecule has 0 unspecified atom stereocenters. The molecule has 0 spiro atoms. The molecule has 6 N–H and O–H groups in total. The molecule has 99 heavy (non-hydrogen) atoms. The van der Waals surface area contributed by atoms with E-state index in [-0.39, 0.29) is 78.5 Å². The van der Waals surface area contributed by atoms with Gasteiger partial charge in [0.05, 0.1) is 41.5 Å². The van der Waals surface area contributed by atoms with Gasteiger partial charge in [0.15, 0.2) is 0 Å². The van der Waals surface area contributed by atoms with Crippen LogP contribution in [0.2, 0.25) is 0 Å². The summed E-state index contributed by atoms with van der Waals surface area (Å²) in [4.78, 5) is 116. The molecule has 6 aromatic carbocycles. The van der Waals surface area contributed by atoms with Crippen LogP contribution in [-0.2, 0) is 80.7 Å². The van der Waals surface area contributed by atoms with Gasteiger partial charge >= 0.3 is 29.8 Å². The van der Waals surface area contributed by atoms with Crippen molar-refractivity contribution in [2.45, 2.75) is 111 Å². The van der Waals surface area contributed by atoms with Gasteiger partial charge in [0, 0.05) is 93.4 Å². The van der Waals surface area contributed by atoms with Crippen molar-refractivity contribution in [3.63, 3.8) is 0 Å². The summed E-state index contributed by atoms with van der Waals surface area (Å²) in [5.41, 5.74) is 8.86. The molecule has 0 heterocycles. The average molecular weight is 1690 g/mol. The van der Waals surface area contributed by atoms with Crippen molar-refractivity contribution in [1.29, 1.82) is 0 Å². The van der Waals surface area contributed by atoms with Crippen molar-refractivity contribution in [1.82, 2.24) is 26.6 Å². The van der Waals surface area contributed by atoms with Crippen LogP contribution in [-0.4, -0.2) is 131 Å². The van der Waals surface area contributed by atoms with Crippen molar-refractivity contribution >= 4 is 139 Å². The maximum absolute atomic E-state index is 12.4. The number of hydrogen-bond donors (Lipinski definition) is 6. The number of alkyl halides is 5. The molecule has 6 aromatic rings. The Hall–Kier alpha value is -7.78. The molecule has 0 aliphatic carbocycles. The molecule has 5 amide bonds. The lowest BCUT2D eigenvalue weighted by atomic mass is 10.0. The summed E-state index contributed by atoms with van der Waals surface area (Å²) in [7, 11) is 5.31. The van der Waals surface area contributed by atoms with Crippen molar-refractivity contribution in [3.8, 4) is 5.75 Å². The first kappa shape index (κ1) is 87.3. The third-order valence-corrected chi connectivity index (χ3v) is 17.1. The van der Waals surface area contributed by atoms with Crippen LogP contribution in [0.3, 0.4) is 0 Å². The Balaban J connectivity index is 0.000000423. The van der Waals surface area contributed by atoms with E-state index in [0.717, 1.165) is 63.3 Å². The second-order valence-electron chi connectivity index (χ2n) is 21.7. The van der Waals surface area contributed by atoms with Crippen LogP contribution in [0.1, 0.15) is 151 Å². The summed E-state index contributed by atoms with van der Waals surface area (Å²) < 4.78 is 23.3. The van der Waals surface area contributed by atoms with Gasteiger partial charge in [-0.1, -0.05) is 173 Å². The lowest BCUT2D eigenvalue weighted by Crippen LogP contribution is -2.45. The van der Waals surface area contributed by atoms with Crippen molar-refractivity contribution in [2.24, 2.45) is 5.92 Å². The minimum atomic E-state index is -0.806. The third-order valence-electron chi connectivity index (χ3n) is 13.9. The summed E-state index contributed by atoms with van der Waals surface area (Å²) in [6, 6.07) is 41.7. The van der Waals surface area contributed by atoms with Crippen LogP contribution >= 0.6 is 79.6 Å². The molecule has 0 aliphatic heterocycles. The quantitative estimate of drug-likeness (QED) is 0.0102. The van der Waals surface area contributed by atoms with Gasteiger partial charge in [-0.05, 0) is 138 Å². The summed E-state index contributed by atoms with van der Waals surface area (Å²) in [6.07, 6.45) is 4.37. The summed E-state index contributed by atoms with van der Waals surface area (Å²) in [5, 5.41) is 26.5. The van der Waals surface area contributed by atoms with E-state index in [2.05, 4.69) is 116 Å². The van der Waals surface area contributed by atoms with Gasteiger partial charge in [0.2, 0.25) is 0 Å². The van der Waals surface area contributed by atoms with E-state index in [1.54, 1.807) is 67.6 Å². The van der Waals surface area contributed by atoms with E-state index in [4.69, 9.17) is 14.2 Å². The average Bonchev–Trinajstić information content (AvgIpc) is 1.14. The van der Waals surface area contributed by atoms with Crippen molar-refractivity contribution in [3.05, 3.63) is 207 Å². The number of unbranched alkanes of at least 4 members (excludes halogenated alkanes) is 2. The van der Waals surface area contributed by atoms with Crippen LogP contribution in [0.5, 0.6) is 5.75 Å². The van der Waals surface area contributed by atoms with Gasteiger partial charge in [-0.2, -0.15) is 0 Å². The van der Waals surface area contributed by atoms with Crippen molar-refractivity contribution < 1.29 is 76.7 Å². The number of amides is 5. The first-order valence-electron chi connectivity index (χ1n) is 31.5. The number of phenolic OH excluding ortho intramolecular Hbond substituents is 1. The highest BCUT2D eigenvalue weighted by Gasteiger charge is 2.26. The number of carbonyl (C=O) groups excluding carboxylic acids is 10. The van der Waals surface area contributed by atoms with Gasteiger partial charge in [-0.15, -0.1) is 0 Å². The Morgan fingerprint density at radius 2 is 0.758 bits per heavy atom. The smallest absolute Gasteiger partial charge is 0.328 e. The third kappa shape index (κ3) is 36.2. The monoisotopic (exact) mass is 1690 g/mol. The number of nitrogens with one attached hydrogen (secondary N) is 5. The molecule has 26 heteroatoms. The number of esters is 5. The van der Waals surface area contributed by atoms with E-state index in [9.17, 15) is 53.1 Å². The number of methoxy groups -OCH3 is 4. The van der Waals surface area contributed by atoms with Gasteiger partial charge in [0.1, 0.15) is 17.8 Å². The largest absolute Gasteiger partial charge is 0.508 e. The van der Waals surface area contributed by atoms with E-state index in [1.165, 1.54) is 40.6 Å². The lowest BCUT2D eigenvalue weighted by Gasteiger charge is -2.19. The molecular weight excluding hydrogens is 1600 g/mol. The van der Waals surface area contributed by atoms with E-state index in [1.807, 2.05) is 86.6 Å². The van der Waals surface area contributed by atoms with E-state index < -0.39 is 24.0 Å². The van der Waals surface area contributed by atoms with Crippen molar-refractivity contribution in [2.75, 3.05) is 54.7 Å². The SMILES string of the molecule is CCOC(=O)CCCNC(=O)c1cccc(CBr)c1.COC(=O)CCCCCNC(=O)c1cccc(CBr)c1.COC(=O)CCNC(=O)c1cccc(CBr)c1.COC(=O)[C@@H](NC(=O)c1cccc(CBr)c1)C(C)C.COC(=O)[C@H](Cc1ccc(O)cc1)NC(=O)c1cccc(CBr)c1. The fourth-order valence-corrected chi connectivity index (χ4v) is 10.2. The van der Waals surface area contributed by atoms with Crippen LogP contribution in [0.4, 0.5) is 0 Å². The normalized spacial score (nSPS) is 10.8. The molecule has 21 nitrogen and oxygen atoms in total. The summed E-state index contributed by atoms with van der Waals surface area (Å²) in [6.45, 7) is 7.26. The Kier molecular flexibility index (Phi) is 45.3. The van der Waals surface area contributed by atoms with Crippen LogP contribution in [0.15, 0.2) is 146 Å². The number of carbonyl (C=O) groups is 10.